The number of hydrogen-bond donors (Lipinski definition) is 0. The van der Waals surface area contributed by atoms with Crippen molar-refractivity contribution in [1.29, 1.82) is 0 Å². The van der Waals surface area contributed by atoms with Crippen LogP contribution in [-0.4, -0.2) is 44.3 Å². The lowest BCUT2D eigenvalue weighted by Gasteiger charge is -2.23. The summed E-state index contributed by atoms with van der Waals surface area (Å²) in [5.41, 5.74) is 0. The van der Waals surface area contributed by atoms with E-state index in [-0.39, 0.29) is 0 Å². The van der Waals surface area contributed by atoms with Gasteiger partial charge in [0.25, 0.3) is 0 Å². The van der Waals surface area contributed by atoms with Crippen molar-refractivity contribution >= 4 is 11.9 Å². The first kappa shape index (κ1) is 16.5. The van der Waals surface area contributed by atoms with Gasteiger partial charge in [-0.3, -0.25) is 0 Å². The fourth-order valence-corrected chi connectivity index (χ4v) is 0.621. The van der Waals surface area contributed by atoms with Crippen LogP contribution in [0.25, 0.3) is 0 Å². The SMILES string of the molecule is COC(=O)C(F)(F)C(F)(F)OCC(=O)OC(F)F. The summed E-state index contributed by atoms with van der Waals surface area (Å²) >= 11 is 0. The average molecular weight is 284 g/mol. The highest BCUT2D eigenvalue weighted by atomic mass is 19.3. The molecule has 0 saturated heterocycles. The molecule has 18 heavy (non-hydrogen) atoms. The summed E-state index contributed by atoms with van der Waals surface area (Å²) in [5.74, 6) is -10.0. The molecule has 0 N–H and O–H groups in total. The lowest BCUT2D eigenvalue weighted by Crippen LogP contribution is -2.50. The summed E-state index contributed by atoms with van der Waals surface area (Å²) in [7, 11) is 0.414. The van der Waals surface area contributed by atoms with E-state index in [4.69, 9.17) is 0 Å². The summed E-state index contributed by atoms with van der Waals surface area (Å²) in [6.07, 6.45) is -5.42. The van der Waals surface area contributed by atoms with Gasteiger partial charge in [0.1, 0.15) is 0 Å². The second kappa shape index (κ2) is 5.89. The zero-order chi connectivity index (χ0) is 14.6. The molecule has 0 fully saturated rings. The first-order chi connectivity index (χ1) is 8.04. The predicted molar refractivity (Wildman–Crippen MR) is 40.0 cm³/mol. The zero-order valence-electron chi connectivity index (χ0n) is 8.59. The maximum Gasteiger partial charge on any atom is 0.431 e. The Hall–Kier alpha value is -1.52. The molecule has 0 aliphatic rings. The van der Waals surface area contributed by atoms with Crippen LogP contribution in [0, 0.1) is 0 Å². The van der Waals surface area contributed by atoms with Gasteiger partial charge in [-0.1, -0.05) is 0 Å². The van der Waals surface area contributed by atoms with Gasteiger partial charge in [0.05, 0.1) is 7.11 Å². The first-order valence-corrected chi connectivity index (χ1v) is 4.00. The van der Waals surface area contributed by atoms with Crippen molar-refractivity contribution in [2.45, 2.75) is 18.6 Å². The molecule has 11 heteroatoms. The van der Waals surface area contributed by atoms with Gasteiger partial charge in [0.15, 0.2) is 6.61 Å². The highest BCUT2D eigenvalue weighted by Crippen LogP contribution is 2.36. The molecule has 0 atom stereocenters. The van der Waals surface area contributed by atoms with Gasteiger partial charge >= 0.3 is 30.6 Å². The smallest absolute Gasteiger partial charge is 0.431 e. The van der Waals surface area contributed by atoms with Gasteiger partial charge in [-0.25, -0.2) is 9.59 Å². The van der Waals surface area contributed by atoms with Gasteiger partial charge in [-0.05, 0) is 0 Å². The van der Waals surface area contributed by atoms with E-state index >= 15 is 0 Å². The molecule has 0 aromatic carbocycles. The van der Waals surface area contributed by atoms with E-state index in [1.54, 1.807) is 0 Å². The third kappa shape index (κ3) is 4.05. The van der Waals surface area contributed by atoms with Crippen molar-refractivity contribution in [2.24, 2.45) is 0 Å². The van der Waals surface area contributed by atoms with Crippen LogP contribution >= 0.6 is 0 Å². The molecular formula is C7H6F6O5. The highest BCUT2D eigenvalue weighted by molar-refractivity contribution is 5.78. The minimum absolute atomic E-state index is 0.414. The third-order valence-electron chi connectivity index (χ3n) is 1.40. The molecule has 0 spiro atoms. The lowest BCUT2D eigenvalue weighted by molar-refractivity contribution is -0.338. The molecule has 5 nitrogen and oxygen atoms in total. The zero-order valence-corrected chi connectivity index (χ0v) is 8.59. The minimum Gasteiger partial charge on any atom is -0.464 e. The molecule has 0 saturated carbocycles. The number of ether oxygens (including phenoxy) is 3. The van der Waals surface area contributed by atoms with Crippen LogP contribution in [0.5, 0.6) is 0 Å². The van der Waals surface area contributed by atoms with E-state index in [9.17, 15) is 35.9 Å². The van der Waals surface area contributed by atoms with Crippen LogP contribution in [0.15, 0.2) is 0 Å². The normalized spacial score (nSPS) is 12.4. The van der Waals surface area contributed by atoms with E-state index < -0.39 is 37.2 Å². The topological polar surface area (TPSA) is 61.8 Å². The predicted octanol–water partition coefficient (Wildman–Crippen LogP) is 1.17. The van der Waals surface area contributed by atoms with Gasteiger partial charge in [-0.2, -0.15) is 26.3 Å². The van der Waals surface area contributed by atoms with Crippen molar-refractivity contribution in [3.05, 3.63) is 0 Å². The molecule has 0 aliphatic heterocycles. The molecular weight excluding hydrogens is 278 g/mol. The number of carbonyl (C=O) groups is 2. The summed E-state index contributed by atoms with van der Waals surface area (Å²) in [6.45, 7) is -5.51. The molecule has 0 heterocycles. The molecule has 0 aromatic heterocycles. The second-order valence-corrected chi connectivity index (χ2v) is 2.62. The number of carbonyl (C=O) groups excluding carboxylic acids is 2. The number of methoxy groups -OCH3 is 1. The average Bonchev–Trinajstić information content (AvgIpc) is 2.24. The second-order valence-electron chi connectivity index (χ2n) is 2.62. The van der Waals surface area contributed by atoms with Gasteiger partial charge < -0.3 is 14.2 Å². The Labute approximate surface area is 95.6 Å². The largest absolute Gasteiger partial charge is 0.464 e. The van der Waals surface area contributed by atoms with Gasteiger partial charge in [-0.15, -0.1) is 0 Å². The van der Waals surface area contributed by atoms with Crippen LogP contribution < -0.4 is 0 Å². The van der Waals surface area contributed by atoms with E-state index in [0.717, 1.165) is 0 Å². The van der Waals surface area contributed by atoms with Gasteiger partial charge in [0.2, 0.25) is 0 Å². The number of halogens is 6. The standard InChI is InChI=1S/C7H6F6O5/c1-16-4(15)6(10,11)7(12,13)17-2-3(14)18-5(8)9/h5H,2H2,1H3. The molecule has 106 valence electrons. The van der Waals surface area contributed by atoms with Crippen LogP contribution in [0.4, 0.5) is 26.3 Å². The van der Waals surface area contributed by atoms with Crippen LogP contribution in [0.3, 0.4) is 0 Å². The van der Waals surface area contributed by atoms with E-state index in [1.807, 2.05) is 0 Å². The van der Waals surface area contributed by atoms with Crippen molar-refractivity contribution in [3.63, 3.8) is 0 Å². The van der Waals surface area contributed by atoms with Crippen molar-refractivity contribution in [3.8, 4) is 0 Å². The Bertz CT molecular complexity index is 317. The first-order valence-electron chi connectivity index (χ1n) is 4.00. The number of esters is 2. The van der Waals surface area contributed by atoms with Crippen molar-refractivity contribution < 1.29 is 50.1 Å². The molecule has 0 radical (unpaired) electrons. The molecule has 0 amide bonds. The molecule has 0 unspecified atom stereocenters. The number of alkyl halides is 6. The van der Waals surface area contributed by atoms with Crippen LogP contribution in [0.1, 0.15) is 0 Å². The van der Waals surface area contributed by atoms with E-state index in [1.165, 1.54) is 0 Å². The Morgan fingerprint density at radius 2 is 1.67 bits per heavy atom. The maximum atomic E-state index is 12.7. The third-order valence-corrected chi connectivity index (χ3v) is 1.40. The Kier molecular flexibility index (Phi) is 5.39. The minimum atomic E-state index is -5.42. The number of rotatable bonds is 6. The fraction of sp³-hybridized carbons (Fsp3) is 0.714. The monoisotopic (exact) mass is 284 g/mol. The lowest BCUT2D eigenvalue weighted by atomic mass is 10.3. The number of hydrogen-bond acceptors (Lipinski definition) is 5. The van der Waals surface area contributed by atoms with Crippen LogP contribution in [-0.2, 0) is 23.8 Å². The fourth-order valence-electron chi connectivity index (χ4n) is 0.621. The molecule has 0 aliphatic carbocycles. The quantitative estimate of drug-likeness (QED) is 0.541. The Morgan fingerprint density at radius 1 is 1.17 bits per heavy atom. The van der Waals surface area contributed by atoms with E-state index in [2.05, 4.69) is 14.2 Å². The molecule has 0 bridgehead atoms. The van der Waals surface area contributed by atoms with E-state index in [0.29, 0.717) is 7.11 Å². The van der Waals surface area contributed by atoms with Crippen molar-refractivity contribution in [2.75, 3.05) is 13.7 Å². The highest BCUT2D eigenvalue weighted by Gasteiger charge is 2.65. The Balaban J connectivity index is 4.56. The molecule has 0 aromatic rings. The summed E-state index contributed by atoms with van der Waals surface area (Å²) in [5, 5.41) is 0. The van der Waals surface area contributed by atoms with Gasteiger partial charge in [0, 0.05) is 0 Å². The molecule has 0 rings (SSSR count). The van der Waals surface area contributed by atoms with Crippen molar-refractivity contribution in [1.82, 2.24) is 0 Å². The summed E-state index contributed by atoms with van der Waals surface area (Å²) in [4.78, 5) is 20.7. The maximum absolute atomic E-state index is 12.7. The Morgan fingerprint density at radius 3 is 2.06 bits per heavy atom. The summed E-state index contributed by atoms with van der Waals surface area (Å²) in [6, 6.07) is 0. The van der Waals surface area contributed by atoms with Crippen LogP contribution in [0.2, 0.25) is 0 Å². The summed E-state index contributed by atoms with van der Waals surface area (Å²) < 4.78 is 83.0.